The summed E-state index contributed by atoms with van der Waals surface area (Å²) in [5, 5.41) is 9.09. The van der Waals surface area contributed by atoms with E-state index in [4.69, 9.17) is 5.11 Å². The molecule has 0 radical (unpaired) electrons. The molecule has 0 fully saturated rings. The van der Waals surface area contributed by atoms with Gasteiger partial charge in [0.2, 0.25) is 5.91 Å². The van der Waals surface area contributed by atoms with Crippen LogP contribution >= 0.6 is 0 Å². The number of fused-ring (bicyclic) bond motifs is 1. The molecule has 0 saturated heterocycles. The summed E-state index contributed by atoms with van der Waals surface area (Å²) in [6, 6.07) is 0. The molecule has 90 valence electrons. The van der Waals surface area contributed by atoms with Gasteiger partial charge in [0.05, 0.1) is 5.56 Å². The van der Waals surface area contributed by atoms with E-state index in [-0.39, 0.29) is 11.5 Å². The third-order valence-electron chi connectivity index (χ3n) is 3.17. The van der Waals surface area contributed by atoms with Crippen LogP contribution in [0.3, 0.4) is 0 Å². The highest BCUT2D eigenvalue weighted by Crippen LogP contribution is 2.24. The number of amides is 1. The number of aromatic nitrogens is 1. The summed E-state index contributed by atoms with van der Waals surface area (Å²) in [7, 11) is 0. The summed E-state index contributed by atoms with van der Waals surface area (Å²) >= 11 is 0. The SMILES string of the molecule is CC(=O)N1CCc2c(C(=O)O)cnc(C)c2C1. The molecule has 0 saturated carbocycles. The van der Waals surface area contributed by atoms with E-state index in [1.54, 1.807) is 4.90 Å². The first kappa shape index (κ1) is 11.6. The third kappa shape index (κ3) is 2.00. The van der Waals surface area contributed by atoms with Gasteiger partial charge in [-0.3, -0.25) is 9.78 Å². The van der Waals surface area contributed by atoms with Gasteiger partial charge in [0.15, 0.2) is 0 Å². The highest BCUT2D eigenvalue weighted by Gasteiger charge is 2.24. The van der Waals surface area contributed by atoms with Crippen LogP contribution in [0.2, 0.25) is 0 Å². The van der Waals surface area contributed by atoms with Gasteiger partial charge in [-0.05, 0) is 24.5 Å². The van der Waals surface area contributed by atoms with Crippen molar-refractivity contribution in [1.29, 1.82) is 0 Å². The number of carboxylic acid groups (broad SMARTS) is 1. The highest BCUT2D eigenvalue weighted by atomic mass is 16.4. The Morgan fingerprint density at radius 2 is 2.12 bits per heavy atom. The number of pyridine rings is 1. The standard InChI is InChI=1S/C12H14N2O3/c1-7-11-6-14(8(2)15)4-3-9(11)10(5-13-7)12(16)17/h5H,3-4,6H2,1-2H3,(H,16,17). The van der Waals surface area contributed by atoms with Gasteiger partial charge < -0.3 is 10.0 Å². The summed E-state index contributed by atoms with van der Waals surface area (Å²) in [4.78, 5) is 28.2. The lowest BCUT2D eigenvalue weighted by atomic mass is 9.94. The average molecular weight is 234 g/mol. The van der Waals surface area contributed by atoms with Gasteiger partial charge in [-0.25, -0.2) is 4.79 Å². The molecule has 0 bridgehead atoms. The number of carboxylic acids is 1. The van der Waals surface area contributed by atoms with Crippen molar-refractivity contribution in [3.63, 3.8) is 0 Å². The van der Waals surface area contributed by atoms with Crippen LogP contribution in [0.1, 0.15) is 34.1 Å². The first-order chi connectivity index (χ1) is 8.00. The Kier molecular flexibility index (Phi) is 2.83. The minimum absolute atomic E-state index is 0.00998. The number of carbonyl (C=O) groups is 2. The lowest BCUT2D eigenvalue weighted by molar-refractivity contribution is -0.129. The molecule has 1 amide bonds. The molecule has 0 spiro atoms. The van der Waals surface area contributed by atoms with E-state index in [1.165, 1.54) is 13.1 Å². The zero-order valence-corrected chi connectivity index (χ0v) is 9.86. The third-order valence-corrected chi connectivity index (χ3v) is 3.17. The summed E-state index contributed by atoms with van der Waals surface area (Å²) in [6.45, 7) is 4.40. The highest BCUT2D eigenvalue weighted by molar-refractivity contribution is 5.89. The monoisotopic (exact) mass is 234 g/mol. The molecule has 0 aliphatic carbocycles. The molecule has 1 aromatic heterocycles. The van der Waals surface area contributed by atoms with E-state index in [0.717, 1.165) is 16.8 Å². The first-order valence-electron chi connectivity index (χ1n) is 5.47. The smallest absolute Gasteiger partial charge is 0.337 e. The fraction of sp³-hybridized carbons (Fsp3) is 0.417. The lowest BCUT2D eigenvalue weighted by Crippen LogP contribution is -2.35. The Morgan fingerprint density at radius 3 is 2.71 bits per heavy atom. The molecule has 2 rings (SSSR count). The zero-order valence-electron chi connectivity index (χ0n) is 9.86. The molecule has 2 heterocycles. The maximum absolute atomic E-state index is 11.3. The van der Waals surface area contributed by atoms with Gasteiger partial charge >= 0.3 is 5.97 Å². The molecule has 1 N–H and O–H groups in total. The Balaban J connectivity index is 2.47. The van der Waals surface area contributed by atoms with Crippen molar-refractivity contribution in [3.8, 4) is 0 Å². The molecule has 5 heteroatoms. The van der Waals surface area contributed by atoms with Crippen LogP contribution in [-0.2, 0) is 17.8 Å². The molecular formula is C12H14N2O3. The second kappa shape index (κ2) is 4.16. The Labute approximate surface area is 99.1 Å². The predicted molar refractivity (Wildman–Crippen MR) is 60.7 cm³/mol. The molecule has 5 nitrogen and oxygen atoms in total. The molecule has 0 unspecified atom stereocenters. The van der Waals surface area contributed by atoms with E-state index in [2.05, 4.69) is 4.98 Å². The zero-order chi connectivity index (χ0) is 12.6. The molecule has 1 aromatic rings. The van der Waals surface area contributed by atoms with Crippen molar-refractivity contribution in [1.82, 2.24) is 9.88 Å². The summed E-state index contributed by atoms with van der Waals surface area (Å²) < 4.78 is 0. The van der Waals surface area contributed by atoms with Gasteiger partial charge in [-0.1, -0.05) is 0 Å². The van der Waals surface area contributed by atoms with Crippen LogP contribution in [0.25, 0.3) is 0 Å². The lowest BCUT2D eigenvalue weighted by Gasteiger charge is -2.29. The van der Waals surface area contributed by atoms with Crippen molar-refractivity contribution in [2.75, 3.05) is 6.54 Å². The van der Waals surface area contributed by atoms with Crippen molar-refractivity contribution in [2.24, 2.45) is 0 Å². The molecule has 1 aliphatic rings. The van der Waals surface area contributed by atoms with E-state index < -0.39 is 5.97 Å². The fourth-order valence-electron chi connectivity index (χ4n) is 2.16. The maximum atomic E-state index is 11.3. The van der Waals surface area contributed by atoms with Gasteiger partial charge in [0.25, 0.3) is 0 Å². The first-order valence-corrected chi connectivity index (χ1v) is 5.47. The van der Waals surface area contributed by atoms with Gasteiger partial charge in [-0.15, -0.1) is 0 Å². The summed E-state index contributed by atoms with van der Waals surface area (Å²) in [6.07, 6.45) is 1.99. The number of nitrogens with zero attached hydrogens (tertiary/aromatic N) is 2. The minimum Gasteiger partial charge on any atom is -0.478 e. The normalized spacial score (nSPS) is 14.4. The van der Waals surface area contributed by atoms with Crippen molar-refractivity contribution >= 4 is 11.9 Å². The van der Waals surface area contributed by atoms with E-state index >= 15 is 0 Å². The number of hydrogen-bond donors (Lipinski definition) is 1. The second-order valence-corrected chi connectivity index (χ2v) is 4.21. The van der Waals surface area contributed by atoms with Crippen LogP contribution in [-0.4, -0.2) is 33.4 Å². The van der Waals surface area contributed by atoms with Crippen LogP contribution in [0.5, 0.6) is 0 Å². The Hall–Kier alpha value is -1.91. The second-order valence-electron chi connectivity index (χ2n) is 4.21. The Bertz CT molecular complexity index is 497. The number of hydrogen-bond acceptors (Lipinski definition) is 3. The van der Waals surface area contributed by atoms with E-state index in [9.17, 15) is 9.59 Å². The molecule has 0 aromatic carbocycles. The quantitative estimate of drug-likeness (QED) is 0.786. The van der Waals surface area contributed by atoms with Gasteiger partial charge in [0, 0.05) is 31.9 Å². The van der Waals surface area contributed by atoms with E-state index in [0.29, 0.717) is 19.5 Å². The number of aryl methyl sites for hydroxylation is 1. The largest absolute Gasteiger partial charge is 0.478 e. The minimum atomic E-state index is -0.954. The van der Waals surface area contributed by atoms with Crippen LogP contribution in [0.15, 0.2) is 6.20 Å². The molecule has 0 atom stereocenters. The van der Waals surface area contributed by atoms with E-state index in [1.807, 2.05) is 6.92 Å². The topological polar surface area (TPSA) is 70.5 Å². The van der Waals surface area contributed by atoms with Crippen molar-refractivity contribution < 1.29 is 14.7 Å². The maximum Gasteiger partial charge on any atom is 0.337 e. The van der Waals surface area contributed by atoms with Crippen molar-refractivity contribution in [3.05, 3.63) is 28.6 Å². The molecule has 17 heavy (non-hydrogen) atoms. The summed E-state index contributed by atoms with van der Waals surface area (Å²) in [5.41, 5.74) is 2.76. The van der Waals surface area contributed by atoms with Crippen LogP contribution in [0.4, 0.5) is 0 Å². The van der Waals surface area contributed by atoms with Crippen LogP contribution < -0.4 is 0 Å². The predicted octanol–water partition coefficient (Wildman–Crippen LogP) is 0.993. The van der Waals surface area contributed by atoms with Crippen LogP contribution in [0, 0.1) is 6.92 Å². The Morgan fingerprint density at radius 1 is 1.41 bits per heavy atom. The van der Waals surface area contributed by atoms with Gasteiger partial charge in [-0.2, -0.15) is 0 Å². The summed E-state index contributed by atoms with van der Waals surface area (Å²) in [5.74, 6) is -0.944. The molecular weight excluding hydrogens is 220 g/mol. The number of rotatable bonds is 1. The van der Waals surface area contributed by atoms with Crippen molar-refractivity contribution in [2.45, 2.75) is 26.8 Å². The number of carbonyl (C=O) groups excluding carboxylic acids is 1. The fourth-order valence-corrected chi connectivity index (χ4v) is 2.16. The molecule has 1 aliphatic heterocycles. The average Bonchev–Trinajstić information content (AvgIpc) is 2.28. The number of aromatic carboxylic acids is 1. The van der Waals surface area contributed by atoms with Gasteiger partial charge in [0.1, 0.15) is 0 Å².